The van der Waals surface area contributed by atoms with Gasteiger partial charge >= 0.3 is 0 Å². The normalized spacial score (nSPS) is 9.00. The second-order valence-corrected chi connectivity index (χ2v) is 5.37. The van der Waals surface area contributed by atoms with Gasteiger partial charge < -0.3 is 19.6 Å². The highest BCUT2D eigenvalue weighted by Gasteiger charge is 1.59. The molecule has 16 heavy (non-hydrogen) atoms. The fourth-order valence-electron chi connectivity index (χ4n) is 0. The summed E-state index contributed by atoms with van der Waals surface area (Å²) in [5.41, 5.74) is 0. The van der Waals surface area contributed by atoms with Gasteiger partial charge in [-0.25, -0.2) is 0 Å². The molecule has 0 aromatic carbocycles. The number of hydrogen-bond acceptors (Lipinski definition) is 4. The van der Waals surface area contributed by atoms with Gasteiger partial charge in [0.05, 0.1) is 0 Å². The Morgan fingerprint density at radius 2 is 0.250 bits per heavy atom. The Balaban J connectivity index is -0.0000000600. The lowest BCUT2D eigenvalue weighted by Crippen LogP contribution is -1.99. The third-order valence-electron chi connectivity index (χ3n) is 0. The van der Waals surface area contributed by atoms with Crippen LogP contribution in [0.25, 0.3) is 0 Å². The molecule has 0 aromatic heterocycles. The second-order valence-electron chi connectivity index (χ2n) is 5.37. The van der Waals surface area contributed by atoms with Gasteiger partial charge in [-0.15, -0.1) is 0 Å². The first kappa shape index (κ1) is 24.9. The van der Waals surface area contributed by atoms with Gasteiger partial charge in [-0.05, 0) is 84.6 Å². The van der Waals surface area contributed by atoms with Crippen molar-refractivity contribution >= 4 is 0 Å². The highest BCUT2D eigenvalue weighted by molar-refractivity contribution is 4.10. The summed E-state index contributed by atoms with van der Waals surface area (Å²) in [4.78, 5) is 8.00. The van der Waals surface area contributed by atoms with Crippen molar-refractivity contribution in [2.75, 3.05) is 84.6 Å². The van der Waals surface area contributed by atoms with E-state index in [1.54, 1.807) is 0 Å². The molecule has 0 aliphatic heterocycles. The van der Waals surface area contributed by atoms with Gasteiger partial charge in [0.2, 0.25) is 0 Å². The maximum Gasteiger partial charge on any atom is -0.0140 e. The topological polar surface area (TPSA) is 13.0 Å². The average molecular weight is 236 g/mol. The molecule has 0 bridgehead atoms. The van der Waals surface area contributed by atoms with Gasteiger partial charge in [-0.1, -0.05) is 0 Å². The van der Waals surface area contributed by atoms with Crippen LogP contribution in [-0.4, -0.2) is 104 Å². The van der Waals surface area contributed by atoms with Gasteiger partial charge in [-0.3, -0.25) is 0 Å². The first-order valence-corrected chi connectivity index (χ1v) is 5.37. The van der Waals surface area contributed by atoms with E-state index in [9.17, 15) is 0 Å². The van der Waals surface area contributed by atoms with Crippen LogP contribution in [0.15, 0.2) is 0 Å². The molecule has 0 rings (SSSR count). The predicted octanol–water partition coefficient (Wildman–Crippen LogP) is 0.711. The molecule has 0 saturated carbocycles. The molecule has 0 saturated heterocycles. The highest BCUT2D eigenvalue weighted by atomic mass is 15.0. The summed E-state index contributed by atoms with van der Waals surface area (Å²) in [6.45, 7) is 0. The van der Waals surface area contributed by atoms with Gasteiger partial charge in [0.15, 0.2) is 0 Å². The monoisotopic (exact) mass is 236 g/mol. The number of nitrogens with zero attached hydrogens (tertiary/aromatic N) is 4. The molecule has 0 fully saturated rings. The molecule has 0 heterocycles. The average Bonchev–Trinajstić information content (AvgIpc) is 1.76. The quantitative estimate of drug-likeness (QED) is 0.614. The fraction of sp³-hybridized carbons (Fsp3) is 1.00. The molecule has 104 valence electrons. The molecule has 0 atom stereocenters. The first-order valence-electron chi connectivity index (χ1n) is 5.37. The van der Waals surface area contributed by atoms with Crippen LogP contribution in [0.2, 0.25) is 0 Å². The molecule has 0 aliphatic rings. The lowest BCUT2D eigenvalue weighted by molar-refractivity contribution is 0.505. The van der Waals surface area contributed by atoms with E-state index < -0.39 is 0 Å². The van der Waals surface area contributed by atoms with Crippen LogP contribution in [0.3, 0.4) is 0 Å². The number of rotatable bonds is 0. The van der Waals surface area contributed by atoms with Crippen molar-refractivity contribution in [1.82, 2.24) is 19.6 Å². The van der Waals surface area contributed by atoms with Gasteiger partial charge in [0, 0.05) is 0 Å². The molecular formula is C12H36N4. The van der Waals surface area contributed by atoms with Crippen LogP contribution in [0.4, 0.5) is 0 Å². The Hall–Kier alpha value is -0.160. The zero-order valence-corrected chi connectivity index (χ0v) is 13.8. The maximum absolute atomic E-state index is 2.00. The number of hydrogen-bond donors (Lipinski definition) is 0. The zero-order valence-electron chi connectivity index (χ0n) is 13.8. The fourth-order valence-corrected chi connectivity index (χ4v) is 0. The maximum atomic E-state index is 2.00. The zero-order chi connectivity index (χ0) is 14.3. The summed E-state index contributed by atoms with van der Waals surface area (Å²) < 4.78 is 0. The summed E-state index contributed by atoms with van der Waals surface area (Å²) in [7, 11) is 24.0. The second kappa shape index (κ2) is 20.3. The van der Waals surface area contributed by atoms with Crippen molar-refractivity contribution in [3.05, 3.63) is 0 Å². The third-order valence-corrected chi connectivity index (χ3v) is 0. The van der Waals surface area contributed by atoms with Crippen LogP contribution >= 0.6 is 0 Å². The molecule has 0 amide bonds. The lowest BCUT2D eigenvalue weighted by atomic mass is 11.0. The largest absolute Gasteiger partial charge is 0.312 e. The van der Waals surface area contributed by atoms with Crippen molar-refractivity contribution in [1.29, 1.82) is 0 Å². The van der Waals surface area contributed by atoms with Crippen molar-refractivity contribution in [3.63, 3.8) is 0 Å². The van der Waals surface area contributed by atoms with E-state index in [1.165, 1.54) is 0 Å². The summed E-state index contributed by atoms with van der Waals surface area (Å²) >= 11 is 0. The van der Waals surface area contributed by atoms with E-state index in [0.717, 1.165) is 0 Å². The minimum absolute atomic E-state index is 2.00. The molecule has 0 aromatic rings. The SMILES string of the molecule is CN(C)C.CN(C)C.CN(C)C.CN(C)C. The van der Waals surface area contributed by atoms with Crippen LogP contribution in [0, 0.1) is 0 Å². The molecule has 0 N–H and O–H groups in total. The van der Waals surface area contributed by atoms with E-state index >= 15 is 0 Å². The molecule has 0 radical (unpaired) electrons. The molecular weight excluding hydrogens is 200 g/mol. The summed E-state index contributed by atoms with van der Waals surface area (Å²) in [6.07, 6.45) is 0. The Labute approximate surface area is 105 Å². The van der Waals surface area contributed by atoms with Crippen LogP contribution in [0.5, 0.6) is 0 Å². The summed E-state index contributed by atoms with van der Waals surface area (Å²) in [6, 6.07) is 0. The Bertz CT molecular complexity index is 56.0. The molecule has 4 nitrogen and oxygen atoms in total. The Kier molecular flexibility index (Phi) is 31.5. The van der Waals surface area contributed by atoms with Gasteiger partial charge in [0.1, 0.15) is 0 Å². The minimum atomic E-state index is 2.00. The molecule has 0 aliphatic carbocycles. The molecule has 0 unspecified atom stereocenters. The predicted molar refractivity (Wildman–Crippen MR) is 78.4 cm³/mol. The smallest absolute Gasteiger partial charge is 0.0140 e. The third kappa shape index (κ3) is 89100. The summed E-state index contributed by atoms with van der Waals surface area (Å²) in [5, 5.41) is 0. The van der Waals surface area contributed by atoms with E-state index in [-0.39, 0.29) is 0 Å². The lowest BCUT2D eigenvalue weighted by Gasteiger charge is -1.90. The van der Waals surface area contributed by atoms with E-state index in [0.29, 0.717) is 0 Å². The van der Waals surface area contributed by atoms with Crippen molar-refractivity contribution in [2.45, 2.75) is 0 Å². The van der Waals surface area contributed by atoms with Crippen LogP contribution in [0.1, 0.15) is 0 Å². The first-order chi connectivity index (χ1) is 6.93. The Morgan fingerprint density at radius 1 is 0.250 bits per heavy atom. The minimum Gasteiger partial charge on any atom is -0.312 e. The van der Waals surface area contributed by atoms with Crippen molar-refractivity contribution in [2.24, 2.45) is 0 Å². The van der Waals surface area contributed by atoms with Gasteiger partial charge in [0.25, 0.3) is 0 Å². The van der Waals surface area contributed by atoms with Crippen molar-refractivity contribution < 1.29 is 0 Å². The highest BCUT2D eigenvalue weighted by Crippen LogP contribution is 1.48. The standard InChI is InChI=1S/4C3H9N/c4*1-4(2)3/h4*1-3H3. The van der Waals surface area contributed by atoms with E-state index in [1.807, 2.05) is 104 Å². The molecule has 0 spiro atoms. The van der Waals surface area contributed by atoms with E-state index in [2.05, 4.69) is 0 Å². The van der Waals surface area contributed by atoms with Gasteiger partial charge in [-0.2, -0.15) is 0 Å². The summed E-state index contributed by atoms with van der Waals surface area (Å²) in [5.74, 6) is 0. The van der Waals surface area contributed by atoms with Crippen molar-refractivity contribution in [3.8, 4) is 0 Å². The van der Waals surface area contributed by atoms with Crippen LogP contribution < -0.4 is 0 Å². The molecule has 4 heteroatoms. The van der Waals surface area contributed by atoms with Crippen LogP contribution in [-0.2, 0) is 0 Å². The Morgan fingerprint density at radius 3 is 0.250 bits per heavy atom. The van der Waals surface area contributed by atoms with E-state index in [4.69, 9.17) is 0 Å².